The van der Waals surface area contributed by atoms with E-state index in [1.165, 1.54) is 24.3 Å². The van der Waals surface area contributed by atoms with Gasteiger partial charge in [-0.3, -0.25) is 10.0 Å². The van der Waals surface area contributed by atoms with Gasteiger partial charge in [0.15, 0.2) is 15.7 Å². The van der Waals surface area contributed by atoms with Gasteiger partial charge in [0.1, 0.15) is 11.5 Å². The van der Waals surface area contributed by atoms with E-state index in [0.717, 1.165) is 0 Å². The van der Waals surface area contributed by atoms with Crippen molar-refractivity contribution in [2.45, 2.75) is 17.7 Å². The van der Waals surface area contributed by atoms with Crippen LogP contribution in [0.1, 0.15) is 12.8 Å². The summed E-state index contributed by atoms with van der Waals surface area (Å²) in [6.07, 6.45) is 0.930. The second-order valence-corrected chi connectivity index (χ2v) is 8.79. The highest BCUT2D eigenvalue weighted by molar-refractivity contribution is 7.91. The summed E-state index contributed by atoms with van der Waals surface area (Å²) in [5.41, 5.74) is 0. The van der Waals surface area contributed by atoms with E-state index in [1.54, 1.807) is 24.3 Å². The summed E-state index contributed by atoms with van der Waals surface area (Å²) >= 11 is 5.82. The van der Waals surface area contributed by atoms with Crippen LogP contribution in [0.4, 0.5) is 0 Å². The van der Waals surface area contributed by atoms with Crippen LogP contribution in [0.5, 0.6) is 11.5 Å². The van der Waals surface area contributed by atoms with Crippen molar-refractivity contribution in [3.63, 3.8) is 0 Å². The zero-order valence-corrected chi connectivity index (χ0v) is 16.5. The van der Waals surface area contributed by atoms with Crippen LogP contribution < -0.4 is 4.74 Å². The molecule has 3 rings (SSSR count). The first-order chi connectivity index (χ1) is 13.3. The summed E-state index contributed by atoms with van der Waals surface area (Å²) < 4.78 is 35.8. The summed E-state index contributed by atoms with van der Waals surface area (Å²) in [5.74, 6) is -0.830. The van der Waals surface area contributed by atoms with Gasteiger partial charge in [0, 0.05) is 24.2 Å². The van der Waals surface area contributed by atoms with Crippen molar-refractivity contribution in [1.29, 1.82) is 0 Å². The minimum atomic E-state index is -3.89. The molecule has 9 heteroatoms. The predicted octanol–water partition coefficient (Wildman–Crippen LogP) is 3.51. The molecule has 0 aliphatic carbocycles. The molecule has 0 radical (unpaired) electrons. The lowest BCUT2D eigenvalue weighted by Crippen LogP contribution is -2.39. The molecule has 2 aromatic rings. The third-order valence-corrected chi connectivity index (χ3v) is 6.18. The molecule has 1 amide bonds. The molecule has 2 aromatic carbocycles. The highest BCUT2D eigenvalue weighted by Gasteiger charge is 2.29. The third-order valence-electron chi connectivity index (χ3n) is 4.35. The van der Waals surface area contributed by atoms with E-state index in [-0.39, 0.29) is 9.96 Å². The average Bonchev–Trinajstić information content (AvgIpc) is 2.70. The van der Waals surface area contributed by atoms with E-state index in [2.05, 4.69) is 0 Å². The van der Waals surface area contributed by atoms with Crippen LogP contribution in [-0.4, -0.2) is 43.7 Å². The van der Waals surface area contributed by atoms with Crippen molar-refractivity contribution in [3.8, 4) is 11.5 Å². The normalized spacial score (nSPS) is 15.2. The molecule has 0 saturated carbocycles. The third kappa shape index (κ3) is 5.23. The Morgan fingerprint density at radius 1 is 1.07 bits per heavy atom. The van der Waals surface area contributed by atoms with Crippen LogP contribution in [0.25, 0.3) is 0 Å². The van der Waals surface area contributed by atoms with Crippen molar-refractivity contribution in [2.24, 2.45) is 5.92 Å². The molecule has 1 fully saturated rings. The van der Waals surface area contributed by atoms with E-state index in [4.69, 9.17) is 21.1 Å². The maximum Gasteiger partial charge on any atom is 0.250 e. The average molecular weight is 426 g/mol. The van der Waals surface area contributed by atoms with Crippen LogP contribution in [0.15, 0.2) is 53.4 Å². The number of rotatable bonds is 6. The van der Waals surface area contributed by atoms with Gasteiger partial charge in [0.2, 0.25) is 5.91 Å². The maximum absolute atomic E-state index is 12.5. The van der Waals surface area contributed by atoms with Gasteiger partial charge in [-0.25, -0.2) is 13.5 Å². The second kappa shape index (κ2) is 8.91. The first kappa shape index (κ1) is 20.6. The fraction of sp³-hybridized carbons (Fsp3) is 0.316. The summed E-state index contributed by atoms with van der Waals surface area (Å²) in [4.78, 5) is 12.2. The van der Waals surface area contributed by atoms with Crippen molar-refractivity contribution in [1.82, 2.24) is 5.06 Å². The Labute approximate surface area is 168 Å². The lowest BCUT2D eigenvalue weighted by atomic mass is 10.00. The quantitative estimate of drug-likeness (QED) is 0.562. The Hall–Kier alpha value is -2.13. The standard InChI is InChI=1S/C19H20ClNO6S/c20-15-1-3-16(4-2-15)27-17-5-7-18(8-6-17)28(24,25)13-21(23)19(22)14-9-11-26-12-10-14/h1-8,14,23H,9-13H2. The molecule has 0 bridgehead atoms. The minimum absolute atomic E-state index is 0.0187. The fourth-order valence-corrected chi connectivity index (χ4v) is 4.08. The Morgan fingerprint density at radius 3 is 2.18 bits per heavy atom. The second-order valence-electron chi connectivity index (χ2n) is 6.40. The number of sulfone groups is 1. The minimum Gasteiger partial charge on any atom is -0.457 e. The number of carbonyl (C=O) groups excluding carboxylic acids is 1. The molecule has 28 heavy (non-hydrogen) atoms. The van der Waals surface area contributed by atoms with E-state index in [0.29, 0.717) is 42.6 Å². The van der Waals surface area contributed by atoms with Gasteiger partial charge in [-0.2, -0.15) is 0 Å². The zero-order chi connectivity index (χ0) is 20.1. The number of nitrogens with zero attached hydrogens (tertiary/aromatic N) is 1. The number of hydroxylamine groups is 2. The first-order valence-corrected chi connectivity index (χ1v) is 10.7. The Morgan fingerprint density at radius 2 is 1.61 bits per heavy atom. The van der Waals surface area contributed by atoms with Crippen molar-refractivity contribution in [2.75, 3.05) is 19.1 Å². The number of amides is 1. The molecule has 1 aliphatic rings. The Kier molecular flexibility index (Phi) is 6.56. The molecule has 0 spiro atoms. The topological polar surface area (TPSA) is 93.1 Å². The maximum atomic E-state index is 12.5. The summed E-state index contributed by atoms with van der Waals surface area (Å²) in [6, 6.07) is 12.5. The van der Waals surface area contributed by atoms with Gasteiger partial charge in [-0.05, 0) is 61.4 Å². The summed E-state index contributed by atoms with van der Waals surface area (Å²) in [5, 5.41) is 10.8. The van der Waals surface area contributed by atoms with E-state index in [9.17, 15) is 18.4 Å². The lowest BCUT2D eigenvalue weighted by molar-refractivity contribution is -0.169. The molecule has 0 aromatic heterocycles. The van der Waals surface area contributed by atoms with Gasteiger partial charge >= 0.3 is 0 Å². The molecule has 1 heterocycles. The summed E-state index contributed by atoms with van der Waals surface area (Å²) in [7, 11) is -3.89. The van der Waals surface area contributed by atoms with Gasteiger partial charge in [-0.1, -0.05) is 11.6 Å². The number of ether oxygens (including phenoxy) is 2. The largest absolute Gasteiger partial charge is 0.457 e. The van der Waals surface area contributed by atoms with E-state index >= 15 is 0 Å². The molecular formula is C19H20ClNO6S. The monoisotopic (exact) mass is 425 g/mol. The molecule has 1 aliphatic heterocycles. The molecule has 1 saturated heterocycles. The molecule has 0 atom stereocenters. The highest BCUT2D eigenvalue weighted by Crippen LogP contribution is 2.25. The van der Waals surface area contributed by atoms with E-state index < -0.39 is 27.5 Å². The van der Waals surface area contributed by atoms with Crippen molar-refractivity contribution < 1.29 is 27.9 Å². The van der Waals surface area contributed by atoms with Crippen LogP contribution in [0.2, 0.25) is 5.02 Å². The molecule has 1 N–H and O–H groups in total. The van der Waals surface area contributed by atoms with Crippen LogP contribution >= 0.6 is 11.6 Å². The van der Waals surface area contributed by atoms with Gasteiger partial charge in [0.25, 0.3) is 0 Å². The number of hydrogen-bond donors (Lipinski definition) is 1. The lowest BCUT2D eigenvalue weighted by Gasteiger charge is -2.24. The first-order valence-electron chi connectivity index (χ1n) is 8.69. The van der Waals surface area contributed by atoms with Gasteiger partial charge < -0.3 is 9.47 Å². The SMILES string of the molecule is O=C(C1CCOCC1)N(O)CS(=O)(=O)c1ccc(Oc2ccc(Cl)cc2)cc1. The highest BCUT2D eigenvalue weighted by atomic mass is 35.5. The van der Waals surface area contributed by atoms with Crippen LogP contribution in [0.3, 0.4) is 0 Å². The Bertz CT molecular complexity index is 908. The fourth-order valence-electron chi connectivity index (χ4n) is 2.81. The molecule has 7 nitrogen and oxygen atoms in total. The van der Waals surface area contributed by atoms with Crippen LogP contribution in [0, 0.1) is 5.92 Å². The molecule has 0 unspecified atom stereocenters. The van der Waals surface area contributed by atoms with Crippen molar-refractivity contribution in [3.05, 3.63) is 53.6 Å². The number of carbonyl (C=O) groups is 1. The van der Waals surface area contributed by atoms with Crippen molar-refractivity contribution >= 4 is 27.3 Å². The number of halogens is 1. The van der Waals surface area contributed by atoms with E-state index in [1.807, 2.05) is 0 Å². The molecular weight excluding hydrogens is 406 g/mol. The van der Waals surface area contributed by atoms with Gasteiger partial charge in [0.05, 0.1) is 4.90 Å². The van der Waals surface area contributed by atoms with Crippen LogP contribution in [-0.2, 0) is 19.4 Å². The number of benzene rings is 2. The number of hydrogen-bond acceptors (Lipinski definition) is 6. The predicted molar refractivity (Wildman–Crippen MR) is 102 cm³/mol. The Balaban J connectivity index is 1.64. The summed E-state index contributed by atoms with van der Waals surface area (Å²) in [6.45, 7) is 0.845. The molecule has 150 valence electrons. The zero-order valence-electron chi connectivity index (χ0n) is 15.0. The smallest absolute Gasteiger partial charge is 0.250 e. The van der Waals surface area contributed by atoms with Gasteiger partial charge in [-0.15, -0.1) is 0 Å².